The summed E-state index contributed by atoms with van der Waals surface area (Å²) in [7, 11) is 0. The highest BCUT2D eigenvalue weighted by atomic mass is 35.5. The second-order valence-electron chi connectivity index (χ2n) is 8.41. The van der Waals surface area contributed by atoms with Crippen LogP contribution in [0.15, 0.2) is 66.7 Å². The summed E-state index contributed by atoms with van der Waals surface area (Å²) in [6.45, 7) is 2.59. The molecule has 0 aromatic heterocycles. The van der Waals surface area contributed by atoms with Gasteiger partial charge in [-0.05, 0) is 41.8 Å². The third-order valence-electron chi connectivity index (χ3n) is 5.74. The molecule has 0 aliphatic carbocycles. The van der Waals surface area contributed by atoms with Crippen molar-refractivity contribution >= 4 is 70.0 Å². The Morgan fingerprint density at radius 2 is 1.41 bits per heavy atom. The minimum absolute atomic E-state index is 0.0990. The van der Waals surface area contributed by atoms with Crippen LogP contribution in [0.25, 0.3) is 0 Å². The molecule has 3 aromatic rings. The Bertz CT molecular complexity index is 1170. The van der Waals surface area contributed by atoms with Crippen LogP contribution in [-0.2, 0) is 28.3 Å². The van der Waals surface area contributed by atoms with Crippen LogP contribution in [0.1, 0.15) is 30.0 Å². The van der Waals surface area contributed by atoms with Crippen molar-refractivity contribution in [3.8, 4) is 0 Å². The molecule has 0 aliphatic heterocycles. The van der Waals surface area contributed by atoms with E-state index in [4.69, 9.17) is 46.4 Å². The maximum Gasteiger partial charge on any atom is 0.243 e. The molecule has 37 heavy (non-hydrogen) atoms. The number of thioether (sulfide) groups is 1. The highest BCUT2D eigenvalue weighted by Gasteiger charge is 2.31. The van der Waals surface area contributed by atoms with E-state index in [1.807, 2.05) is 37.3 Å². The molecule has 1 atom stereocenters. The molecule has 0 unspecified atom stereocenters. The van der Waals surface area contributed by atoms with Gasteiger partial charge in [0.1, 0.15) is 6.04 Å². The fourth-order valence-corrected chi connectivity index (χ4v) is 5.93. The number of benzene rings is 3. The summed E-state index contributed by atoms with van der Waals surface area (Å²) in [6, 6.07) is 19.4. The zero-order valence-electron chi connectivity index (χ0n) is 20.4. The van der Waals surface area contributed by atoms with Gasteiger partial charge >= 0.3 is 0 Å². The van der Waals surface area contributed by atoms with Crippen LogP contribution in [0.4, 0.5) is 0 Å². The maximum absolute atomic E-state index is 13.7. The third kappa shape index (κ3) is 8.56. The summed E-state index contributed by atoms with van der Waals surface area (Å²) >= 11 is 26.9. The minimum Gasteiger partial charge on any atom is -0.354 e. The van der Waals surface area contributed by atoms with E-state index < -0.39 is 6.04 Å². The largest absolute Gasteiger partial charge is 0.354 e. The molecule has 2 amide bonds. The van der Waals surface area contributed by atoms with Crippen LogP contribution in [0, 0.1) is 0 Å². The predicted octanol–water partition coefficient (Wildman–Crippen LogP) is 7.70. The fraction of sp³-hybridized carbons (Fsp3) is 0.286. The Labute approximate surface area is 242 Å². The number of carbonyl (C=O) groups is 2. The van der Waals surface area contributed by atoms with E-state index >= 15 is 0 Å². The van der Waals surface area contributed by atoms with Crippen molar-refractivity contribution in [2.75, 3.05) is 12.3 Å². The topological polar surface area (TPSA) is 49.4 Å². The van der Waals surface area contributed by atoms with Gasteiger partial charge in [-0.2, -0.15) is 0 Å². The molecule has 1 N–H and O–H groups in total. The first kappa shape index (κ1) is 29.7. The molecule has 0 saturated carbocycles. The molecule has 0 spiro atoms. The van der Waals surface area contributed by atoms with Gasteiger partial charge in [-0.3, -0.25) is 9.59 Å². The predicted molar refractivity (Wildman–Crippen MR) is 157 cm³/mol. The Balaban J connectivity index is 1.90. The summed E-state index contributed by atoms with van der Waals surface area (Å²) < 4.78 is 0. The van der Waals surface area contributed by atoms with Crippen LogP contribution in [0.3, 0.4) is 0 Å². The Hall–Kier alpha value is -1.89. The monoisotopic (exact) mass is 596 g/mol. The van der Waals surface area contributed by atoms with E-state index in [-0.39, 0.29) is 24.1 Å². The first-order valence-corrected chi connectivity index (χ1v) is 14.5. The van der Waals surface area contributed by atoms with E-state index in [9.17, 15) is 9.59 Å². The number of amides is 2. The third-order valence-corrected chi connectivity index (χ3v) is 8.10. The minimum atomic E-state index is -0.752. The number of carbonyl (C=O) groups excluding carboxylic acids is 2. The summed E-state index contributed by atoms with van der Waals surface area (Å²) in [5.41, 5.74) is 2.31. The van der Waals surface area contributed by atoms with Crippen molar-refractivity contribution in [3.63, 3.8) is 0 Å². The van der Waals surface area contributed by atoms with Gasteiger partial charge in [-0.1, -0.05) is 95.8 Å². The smallest absolute Gasteiger partial charge is 0.243 e. The molecule has 3 rings (SSSR count). The lowest BCUT2D eigenvalue weighted by molar-refractivity contribution is -0.139. The quantitative estimate of drug-likeness (QED) is 0.233. The molecule has 0 fully saturated rings. The van der Waals surface area contributed by atoms with Gasteiger partial charge in [-0.25, -0.2) is 0 Å². The van der Waals surface area contributed by atoms with Gasteiger partial charge in [0.15, 0.2) is 0 Å². The standard InChI is InChI=1S/C28H28Cl4N2O2S/c1-2-14-33-28(36)26(15-19-8-4-3-5-9-19)34(16-20-22(29)10-6-11-23(20)30)27(35)18-37-17-21-24(31)12-7-13-25(21)32/h3-13,26H,2,14-18H2,1H3,(H,33,36)/t26-/m0/s1. The van der Waals surface area contributed by atoms with Crippen molar-refractivity contribution in [1.29, 1.82) is 0 Å². The lowest BCUT2D eigenvalue weighted by Gasteiger charge is -2.32. The van der Waals surface area contributed by atoms with Crippen molar-refractivity contribution in [2.24, 2.45) is 0 Å². The van der Waals surface area contributed by atoms with Crippen LogP contribution >= 0.6 is 58.2 Å². The number of nitrogens with one attached hydrogen (secondary N) is 1. The molecule has 0 heterocycles. The van der Waals surface area contributed by atoms with Gasteiger partial charge in [0.25, 0.3) is 0 Å². The molecule has 0 radical (unpaired) electrons. The normalized spacial score (nSPS) is 11.7. The van der Waals surface area contributed by atoms with Crippen LogP contribution in [-0.4, -0.2) is 35.1 Å². The SMILES string of the molecule is CCCNC(=O)[C@H](Cc1ccccc1)N(Cc1c(Cl)cccc1Cl)C(=O)CSCc1c(Cl)cccc1Cl. The first-order valence-electron chi connectivity index (χ1n) is 11.9. The first-order chi connectivity index (χ1) is 17.8. The Morgan fingerprint density at radius 3 is 1.97 bits per heavy atom. The van der Waals surface area contributed by atoms with Crippen molar-refractivity contribution in [2.45, 2.75) is 38.1 Å². The van der Waals surface area contributed by atoms with Gasteiger partial charge < -0.3 is 10.2 Å². The Kier molecular flexibility index (Phi) is 11.9. The van der Waals surface area contributed by atoms with Gasteiger partial charge in [0, 0.05) is 50.9 Å². The second kappa shape index (κ2) is 14.9. The molecular formula is C28H28Cl4N2O2S. The molecular weight excluding hydrogens is 570 g/mol. The summed E-state index contributed by atoms with van der Waals surface area (Å²) in [6.07, 6.45) is 1.13. The van der Waals surface area contributed by atoms with E-state index in [0.29, 0.717) is 44.4 Å². The zero-order chi connectivity index (χ0) is 26.8. The zero-order valence-corrected chi connectivity index (χ0v) is 24.2. The van der Waals surface area contributed by atoms with E-state index in [0.717, 1.165) is 17.5 Å². The molecule has 0 bridgehead atoms. The van der Waals surface area contributed by atoms with Crippen molar-refractivity contribution in [3.05, 3.63) is 104 Å². The number of rotatable bonds is 12. The molecule has 0 saturated heterocycles. The lowest BCUT2D eigenvalue weighted by atomic mass is 10.0. The molecule has 9 heteroatoms. The van der Waals surface area contributed by atoms with Gasteiger partial charge in [0.2, 0.25) is 11.8 Å². The van der Waals surface area contributed by atoms with E-state index in [1.54, 1.807) is 41.3 Å². The average molecular weight is 598 g/mol. The lowest BCUT2D eigenvalue weighted by Crippen LogP contribution is -2.51. The summed E-state index contributed by atoms with van der Waals surface area (Å²) in [5.74, 6) is 0.143. The number of hydrogen-bond donors (Lipinski definition) is 1. The molecule has 0 aliphatic rings. The number of nitrogens with zero attached hydrogens (tertiary/aromatic N) is 1. The number of hydrogen-bond acceptors (Lipinski definition) is 3. The van der Waals surface area contributed by atoms with Crippen LogP contribution < -0.4 is 5.32 Å². The average Bonchev–Trinajstić information content (AvgIpc) is 2.88. The molecule has 196 valence electrons. The molecule has 3 aromatic carbocycles. The van der Waals surface area contributed by atoms with Gasteiger partial charge in [-0.15, -0.1) is 11.8 Å². The Morgan fingerprint density at radius 1 is 0.838 bits per heavy atom. The van der Waals surface area contributed by atoms with E-state index in [1.165, 1.54) is 11.8 Å². The second-order valence-corrected chi connectivity index (χ2v) is 11.0. The fourth-order valence-electron chi connectivity index (χ4n) is 3.77. The maximum atomic E-state index is 13.7. The van der Waals surface area contributed by atoms with Crippen LogP contribution in [0.5, 0.6) is 0 Å². The summed E-state index contributed by atoms with van der Waals surface area (Å²) in [4.78, 5) is 28.7. The van der Waals surface area contributed by atoms with Crippen LogP contribution in [0.2, 0.25) is 20.1 Å². The van der Waals surface area contributed by atoms with E-state index in [2.05, 4.69) is 5.32 Å². The summed E-state index contributed by atoms with van der Waals surface area (Å²) in [5, 5.41) is 4.93. The van der Waals surface area contributed by atoms with Crippen molar-refractivity contribution in [1.82, 2.24) is 10.2 Å². The highest BCUT2D eigenvalue weighted by Crippen LogP contribution is 2.30. The number of halogens is 4. The van der Waals surface area contributed by atoms with Gasteiger partial charge in [0.05, 0.1) is 5.75 Å². The van der Waals surface area contributed by atoms with Crippen molar-refractivity contribution < 1.29 is 9.59 Å². The molecule has 4 nitrogen and oxygen atoms in total. The highest BCUT2D eigenvalue weighted by molar-refractivity contribution is 7.99.